The van der Waals surface area contributed by atoms with Gasteiger partial charge in [-0.15, -0.1) is 21.5 Å². The quantitative estimate of drug-likeness (QED) is 0.235. The topological polar surface area (TPSA) is 174 Å². The van der Waals surface area contributed by atoms with E-state index in [1.807, 2.05) is 0 Å². The highest BCUT2D eigenvalue weighted by Gasteiger charge is 2.41. The number of carbonyl (C=O) groups is 3. The third-order valence-corrected chi connectivity index (χ3v) is 7.57. The molecule has 212 valence electrons. The maximum atomic E-state index is 14.3. The van der Waals surface area contributed by atoms with E-state index in [9.17, 15) is 18.8 Å². The lowest BCUT2D eigenvalue weighted by molar-refractivity contribution is -0.151. The van der Waals surface area contributed by atoms with Crippen LogP contribution in [0.5, 0.6) is 0 Å². The third-order valence-electron chi connectivity index (χ3n) is 6.55. The van der Waals surface area contributed by atoms with Gasteiger partial charge in [0.15, 0.2) is 6.61 Å². The number of thiazole rings is 1. The first-order valence-electron chi connectivity index (χ1n) is 12.8. The van der Waals surface area contributed by atoms with Crippen LogP contribution in [0.4, 0.5) is 10.2 Å². The van der Waals surface area contributed by atoms with Gasteiger partial charge in [-0.25, -0.2) is 14.2 Å². The summed E-state index contributed by atoms with van der Waals surface area (Å²) >= 11 is 1.34. The molecule has 3 aromatic rings. The molecule has 1 saturated carbocycles. The number of aromatic nitrogens is 4. The second kappa shape index (κ2) is 12.9. The Hall–Kier alpha value is -4.04. The molecule has 2 atom stereocenters. The van der Waals surface area contributed by atoms with E-state index in [-0.39, 0.29) is 17.8 Å². The average Bonchev–Trinajstić information content (AvgIpc) is 3.40. The van der Waals surface area contributed by atoms with Crippen molar-refractivity contribution < 1.29 is 23.5 Å². The molecule has 4 rings (SSSR count). The van der Waals surface area contributed by atoms with Crippen molar-refractivity contribution in [3.05, 3.63) is 53.0 Å². The number of nitrogens with zero attached hydrogens (tertiary/aromatic N) is 4. The van der Waals surface area contributed by atoms with Crippen molar-refractivity contribution in [1.82, 2.24) is 30.8 Å². The number of ether oxygens (including phenoxy) is 1. The minimum Gasteiger partial charge on any atom is -0.454 e. The Labute approximate surface area is 234 Å². The molecule has 40 heavy (non-hydrogen) atoms. The van der Waals surface area contributed by atoms with Crippen molar-refractivity contribution >= 4 is 34.9 Å². The fourth-order valence-electron chi connectivity index (χ4n) is 4.09. The first-order valence-corrected chi connectivity index (χ1v) is 13.6. The molecule has 1 aliphatic rings. The lowest BCUT2D eigenvalue weighted by Gasteiger charge is -2.41. The highest BCUT2D eigenvalue weighted by atomic mass is 32.1. The van der Waals surface area contributed by atoms with Gasteiger partial charge in [-0.1, -0.05) is 6.42 Å². The van der Waals surface area contributed by atoms with Crippen LogP contribution in [0.3, 0.4) is 0 Å². The van der Waals surface area contributed by atoms with Crippen molar-refractivity contribution in [2.24, 2.45) is 5.73 Å². The molecule has 1 fully saturated rings. The molecule has 5 N–H and O–H groups in total. The number of rotatable bonds is 12. The SMILES string of the molecule is C[C@H](N)C(=O)N[C@@H](C)C(=O)OCC(=O)NCc1cnc(-c2ccc(NCC3(c4ncccc4F)CCC3)nn2)s1. The zero-order valence-corrected chi connectivity index (χ0v) is 23.0. The number of hydrogen-bond acceptors (Lipinski definition) is 11. The molecule has 0 saturated heterocycles. The van der Waals surface area contributed by atoms with Crippen molar-refractivity contribution in [3.63, 3.8) is 0 Å². The molecule has 0 radical (unpaired) electrons. The Morgan fingerprint density at radius 1 is 1.18 bits per heavy atom. The number of amides is 2. The van der Waals surface area contributed by atoms with Gasteiger partial charge in [0.1, 0.15) is 28.4 Å². The Bertz CT molecular complexity index is 1350. The van der Waals surface area contributed by atoms with Gasteiger partial charge in [0, 0.05) is 29.2 Å². The minimum absolute atomic E-state index is 0.185. The van der Waals surface area contributed by atoms with E-state index in [4.69, 9.17) is 10.5 Å². The highest BCUT2D eigenvalue weighted by molar-refractivity contribution is 7.15. The van der Waals surface area contributed by atoms with Gasteiger partial charge in [0.2, 0.25) is 5.91 Å². The summed E-state index contributed by atoms with van der Waals surface area (Å²) in [6.45, 7) is 3.14. The fraction of sp³-hybridized carbons (Fsp3) is 0.423. The van der Waals surface area contributed by atoms with Crippen LogP contribution in [0.15, 0.2) is 36.7 Å². The summed E-state index contributed by atoms with van der Waals surface area (Å²) in [7, 11) is 0. The summed E-state index contributed by atoms with van der Waals surface area (Å²) in [6.07, 6.45) is 5.96. The van der Waals surface area contributed by atoms with E-state index in [0.29, 0.717) is 28.8 Å². The van der Waals surface area contributed by atoms with Crippen LogP contribution >= 0.6 is 11.3 Å². The van der Waals surface area contributed by atoms with Crippen molar-refractivity contribution in [3.8, 4) is 10.7 Å². The number of carbonyl (C=O) groups excluding carboxylic acids is 3. The molecule has 12 nitrogen and oxygen atoms in total. The third kappa shape index (κ3) is 7.12. The molecular weight excluding hydrogens is 539 g/mol. The average molecular weight is 571 g/mol. The number of hydrogen-bond donors (Lipinski definition) is 4. The van der Waals surface area contributed by atoms with Gasteiger partial charge in [0.05, 0.1) is 18.3 Å². The first-order chi connectivity index (χ1) is 19.2. The zero-order valence-electron chi connectivity index (χ0n) is 22.1. The summed E-state index contributed by atoms with van der Waals surface area (Å²) in [5, 5.41) is 17.4. The molecule has 14 heteroatoms. The van der Waals surface area contributed by atoms with Crippen molar-refractivity contribution in [1.29, 1.82) is 0 Å². The Morgan fingerprint density at radius 3 is 2.62 bits per heavy atom. The van der Waals surface area contributed by atoms with Crippen molar-refractivity contribution in [2.45, 2.75) is 57.2 Å². The summed E-state index contributed by atoms with van der Waals surface area (Å²) in [5.74, 6) is -1.47. The first kappa shape index (κ1) is 29.0. The lowest BCUT2D eigenvalue weighted by atomic mass is 9.66. The molecule has 0 aliphatic heterocycles. The van der Waals surface area contributed by atoms with Crippen LogP contribution in [0.25, 0.3) is 10.7 Å². The molecular formula is C26H31FN8O4S. The van der Waals surface area contributed by atoms with Gasteiger partial charge >= 0.3 is 5.97 Å². The van der Waals surface area contributed by atoms with Gasteiger partial charge in [-0.3, -0.25) is 14.6 Å². The molecule has 1 aliphatic carbocycles. The molecule has 3 aromatic heterocycles. The highest BCUT2D eigenvalue weighted by Crippen LogP contribution is 2.43. The number of nitrogens with two attached hydrogens (primary N) is 1. The molecule has 0 bridgehead atoms. The van der Waals surface area contributed by atoms with Gasteiger partial charge in [-0.2, -0.15) is 0 Å². The smallest absolute Gasteiger partial charge is 0.328 e. The van der Waals surface area contributed by atoms with Crippen LogP contribution < -0.4 is 21.7 Å². The predicted molar refractivity (Wildman–Crippen MR) is 145 cm³/mol. The number of halogens is 1. The maximum absolute atomic E-state index is 14.3. The van der Waals surface area contributed by atoms with Crippen LogP contribution in [0.1, 0.15) is 43.7 Å². The Morgan fingerprint density at radius 2 is 1.98 bits per heavy atom. The number of anilines is 1. The van der Waals surface area contributed by atoms with Gasteiger partial charge in [0.25, 0.3) is 5.91 Å². The molecule has 3 heterocycles. The van der Waals surface area contributed by atoms with E-state index >= 15 is 0 Å². The fourth-order valence-corrected chi connectivity index (χ4v) is 4.90. The minimum atomic E-state index is -0.929. The van der Waals surface area contributed by atoms with Crippen LogP contribution in [0.2, 0.25) is 0 Å². The van der Waals surface area contributed by atoms with E-state index in [2.05, 4.69) is 36.1 Å². The monoisotopic (exact) mass is 570 g/mol. The van der Waals surface area contributed by atoms with Crippen LogP contribution in [-0.2, 0) is 31.1 Å². The van der Waals surface area contributed by atoms with E-state index in [1.165, 1.54) is 31.3 Å². The number of nitrogens with one attached hydrogen (secondary N) is 3. The molecule has 0 aromatic carbocycles. The lowest BCUT2D eigenvalue weighted by Crippen LogP contribution is -2.46. The maximum Gasteiger partial charge on any atom is 0.328 e. The second-order valence-corrected chi connectivity index (χ2v) is 10.8. The number of pyridine rings is 1. The standard InChI is InChI=1S/C26H31FN8O4S/c1-15(28)23(37)33-16(2)25(38)39-13-21(36)30-11-17-12-31-24(40-17)19-6-7-20(35-34-19)32-14-26(8-4-9-26)22-18(27)5-3-10-29-22/h3,5-7,10,12,15-16H,4,8-9,11,13-14,28H2,1-2H3,(H,30,36)(H,32,35)(H,33,37)/t15-,16-/m0/s1. The van der Waals surface area contributed by atoms with E-state index in [1.54, 1.807) is 30.6 Å². The molecule has 0 unspecified atom stereocenters. The summed E-state index contributed by atoms with van der Waals surface area (Å²) in [5.41, 5.74) is 6.15. The second-order valence-electron chi connectivity index (χ2n) is 9.66. The molecule has 0 spiro atoms. The van der Waals surface area contributed by atoms with Crippen LogP contribution in [-0.4, -0.2) is 63.2 Å². The van der Waals surface area contributed by atoms with Gasteiger partial charge in [-0.05, 0) is 51.0 Å². The van der Waals surface area contributed by atoms with Gasteiger partial charge < -0.3 is 26.4 Å². The predicted octanol–water partition coefficient (Wildman–Crippen LogP) is 1.68. The molecule has 2 amide bonds. The normalized spacial score (nSPS) is 15.3. The number of esters is 1. The van der Waals surface area contributed by atoms with E-state index in [0.717, 1.165) is 24.1 Å². The Kier molecular flexibility index (Phi) is 9.32. The Balaban J connectivity index is 1.23. The van der Waals surface area contributed by atoms with E-state index < -0.39 is 36.5 Å². The summed E-state index contributed by atoms with van der Waals surface area (Å²) in [6, 6.07) is 4.91. The van der Waals surface area contributed by atoms with Crippen molar-refractivity contribution in [2.75, 3.05) is 18.5 Å². The largest absolute Gasteiger partial charge is 0.454 e. The summed E-state index contributed by atoms with van der Waals surface area (Å²) < 4.78 is 19.3. The van der Waals surface area contributed by atoms with Crippen LogP contribution in [0, 0.1) is 5.82 Å². The summed E-state index contributed by atoms with van der Waals surface area (Å²) in [4.78, 5) is 45.0. The zero-order chi connectivity index (χ0) is 28.7.